The minimum absolute atomic E-state index is 0.0936. The van der Waals surface area contributed by atoms with Crippen LogP contribution in [-0.2, 0) is 11.2 Å². The van der Waals surface area contributed by atoms with E-state index in [1.54, 1.807) is 30.5 Å². The van der Waals surface area contributed by atoms with Crippen LogP contribution in [-0.4, -0.2) is 16.1 Å². The summed E-state index contributed by atoms with van der Waals surface area (Å²) in [7, 11) is 0. The van der Waals surface area contributed by atoms with Gasteiger partial charge < -0.3 is 5.11 Å². The van der Waals surface area contributed by atoms with Gasteiger partial charge in [-0.25, -0.2) is 4.39 Å². The molecule has 3 nitrogen and oxygen atoms in total. The number of aromatic nitrogens is 1. The fraction of sp³-hybridized carbons (Fsp3) is 0.0769. The Labute approximate surface area is 97.6 Å². The minimum atomic E-state index is -0.910. The molecule has 1 heterocycles. The van der Waals surface area contributed by atoms with E-state index in [2.05, 4.69) is 4.98 Å². The van der Waals surface area contributed by atoms with Crippen LogP contribution in [0.4, 0.5) is 4.39 Å². The van der Waals surface area contributed by atoms with E-state index in [-0.39, 0.29) is 12.2 Å². The molecule has 1 aromatic carbocycles. The van der Waals surface area contributed by atoms with E-state index in [0.717, 1.165) is 11.1 Å². The normalized spacial score (nSPS) is 10.2. The lowest BCUT2D eigenvalue weighted by Gasteiger charge is -2.02. The van der Waals surface area contributed by atoms with Crippen LogP contribution in [0.25, 0.3) is 11.1 Å². The summed E-state index contributed by atoms with van der Waals surface area (Å²) in [5.74, 6) is -1.20. The number of nitrogens with zero attached hydrogens (tertiary/aromatic N) is 1. The van der Waals surface area contributed by atoms with E-state index < -0.39 is 5.97 Å². The van der Waals surface area contributed by atoms with Crippen LogP contribution < -0.4 is 0 Å². The Balaban J connectivity index is 2.23. The van der Waals surface area contributed by atoms with Gasteiger partial charge in [-0.2, -0.15) is 0 Å². The Morgan fingerprint density at radius 1 is 1.12 bits per heavy atom. The van der Waals surface area contributed by atoms with E-state index in [9.17, 15) is 9.18 Å². The Morgan fingerprint density at radius 2 is 1.76 bits per heavy atom. The molecule has 0 saturated carbocycles. The van der Waals surface area contributed by atoms with Crippen LogP contribution >= 0.6 is 0 Å². The van der Waals surface area contributed by atoms with Gasteiger partial charge in [-0.05, 0) is 23.8 Å². The number of carboxylic acids is 1. The molecule has 0 saturated heterocycles. The quantitative estimate of drug-likeness (QED) is 0.883. The number of carboxylic acid groups (broad SMARTS) is 1. The maximum atomic E-state index is 12.7. The van der Waals surface area contributed by atoms with Crippen LogP contribution in [0.5, 0.6) is 0 Å². The van der Waals surface area contributed by atoms with Crippen molar-refractivity contribution in [2.45, 2.75) is 6.42 Å². The average Bonchev–Trinajstić information content (AvgIpc) is 2.30. The molecular weight excluding hydrogens is 221 g/mol. The van der Waals surface area contributed by atoms with Gasteiger partial charge in [0.1, 0.15) is 5.82 Å². The minimum Gasteiger partial charge on any atom is -0.481 e. The van der Waals surface area contributed by atoms with Gasteiger partial charge in [-0.3, -0.25) is 9.78 Å². The summed E-state index contributed by atoms with van der Waals surface area (Å²) in [6.45, 7) is 0. The van der Waals surface area contributed by atoms with Crippen molar-refractivity contribution in [1.82, 2.24) is 4.98 Å². The molecule has 1 N–H and O–H groups in total. The molecule has 0 aliphatic carbocycles. The van der Waals surface area contributed by atoms with Gasteiger partial charge in [-0.15, -0.1) is 0 Å². The Hall–Kier alpha value is -2.23. The molecule has 0 aliphatic rings. The van der Waals surface area contributed by atoms with E-state index >= 15 is 0 Å². The van der Waals surface area contributed by atoms with E-state index in [1.165, 1.54) is 12.1 Å². The number of hydrogen-bond donors (Lipinski definition) is 1. The lowest BCUT2D eigenvalue weighted by Crippen LogP contribution is -2.01. The van der Waals surface area contributed by atoms with Crippen LogP contribution in [0.1, 0.15) is 5.69 Å². The second-order valence-electron chi connectivity index (χ2n) is 3.62. The molecule has 0 fully saturated rings. The number of hydrogen-bond acceptors (Lipinski definition) is 2. The first-order valence-electron chi connectivity index (χ1n) is 5.08. The molecule has 4 heteroatoms. The largest absolute Gasteiger partial charge is 0.481 e. The highest BCUT2D eigenvalue weighted by Gasteiger charge is 2.03. The van der Waals surface area contributed by atoms with Crippen LogP contribution in [0.2, 0.25) is 0 Å². The molecule has 0 spiro atoms. The summed E-state index contributed by atoms with van der Waals surface area (Å²) in [6.07, 6.45) is 1.50. The molecule has 2 rings (SSSR count). The number of rotatable bonds is 3. The average molecular weight is 231 g/mol. The molecule has 1 aromatic heterocycles. The number of aliphatic carboxylic acids is 1. The SMILES string of the molecule is O=C(O)Cc1ccc(-c2ccc(F)cc2)cn1. The van der Waals surface area contributed by atoms with Gasteiger partial charge >= 0.3 is 5.97 Å². The fourth-order valence-electron chi connectivity index (χ4n) is 1.50. The number of pyridine rings is 1. The van der Waals surface area contributed by atoms with Crippen molar-refractivity contribution >= 4 is 5.97 Å². The summed E-state index contributed by atoms with van der Waals surface area (Å²) in [4.78, 5) is 14.5. The maximum absolute atomic E-state index is 12.7. The van der Waals surface area contributed by atoms with Crippen molar-refractivity contribution in [3.05, 3.63) is 54.1 Å². The van der Waals surface area contributed by atoms with Crippen molar-refractivity contribution in [3.8, 4) is 11.1 Å². The summed E-state index contributed by atoms with van der Waals surface area (Å²) >= 11 is 0. The molecule has 0 amide bonds. The summed E-state index contributed by atoms with van der Waals surface area (Å²) < 4.78 is 12.7. The summed E-state index contributed by atoms with van der Waals surface area (Å²) in [5.41, 5.74) is 2.18. The predicted molar refractivity (Wildman–Crippen MR) is 61.0 cm³/mol. The summed E-state index contributed by atoms with van der Waals surface area (Å²) in [6, 6.07) is 9.50. The molecule has 0 aliphatic heterocycles. The topological polar surface area (TPSA) is 50.2 Å². The van der Waals surface area contributed by atoms with Crippen molar-refractivity contribution in [2.24, 2.45) is 0 Å². The zero-order valence-corrected chi connectivity index (χ0v) is 8.93. The van der Waals surface area contributed by atoms with Crippen molar-refractivity contribution in [2.75, 3.05) is 0 Å². The molecular formula is C13H10FNO2. The molecule has 2 aromatic rings. The second-order valence-corrected chi connectivity index (χ2v) is 3.62. The van der Waals surface area contributed by atoms with E-state index in [4.69, 9.17) is 5.11 Å². The third-order valence-corrected chi connectivity index (χ3v) is 2.33. The lowest BCUT2D eigenvalue weighted by atomic mass is 10.1. The van der Waals surface area contributed by atoms with Gasteiger partial charge in [0.15, 0.2) is 0 Å². The highest BCUT2D eigenvalue weighted by molar-refractivity contribution is 5.70. The molecule has 0 bridgehead atoms. The van der Waals surface area contributed by atoms with Crippen molar-refractivity contribution in [3.63, 3.8) is 0 Å². The first-order valence-corrected chi connectivity index (χ1v) is 5.08. The third kappa shape index (κ3) is 2.87. The van der Waals surface area contributed by atoms with E-state index in [0.29, 0.717) is 5.69 Å². The van der Waals surface area contributed by atoms with Gasteiger partial charge in [0.2, 0.25) is 0 Å². The maximum Gasteiger partial charge on any atom is 0.309 e. The molecule has 0 radical (unpaired) electrons. The van der Waals surface area contributed by atoms with Crippen molar-refractivity contribution < 1.29 is 14.3 Å². The van der Waals surface area contributed by atoms with Crippen LogP contribution in [0.3, 0.4) is 0 Å². The Morgan fingerprint density at radius 3 is 2.29 bits per heavy atom. The first-order chi connectivity index (χ1) is 8.15. The highest BCUT2D eigenvalue weighted by Crippen LogP contribution is 2.18. The van der Waals surface area contributed by atoms with Crippen LogP contribution in [0.15, 0.2) is 42.6 Å². The third-order valence-electron chi connectivity index (χ3n) is 2.33. The predicted octanol–water partition coefficient (Wildman–Crippen LogP) is 2.51. The van der Waals surface area contributed by atoms with Crippen molar-refractivity contribution in [1.29, 1.82) is 0 Å². The zero-order chi connectivity index (χ0) is 12.3. The summed E-state index contributed by atoms with van der Waals surface area (Å²) in [5, 5.41) is 8.60. The molecule has 17 heavy (non-hydrogen) atoms. The number of halogens is 1. The highest BCUT2D eigenvalue weighted by atomic mass is 19.1. The number of benzene rings is 1. The fourth-order valence-corrected chi connectivity index (χ4v) is 1.50. The lowest BCUT2D eigenvalue weighted by molar-refractivity contribution is -0.136. The standard InChI is InChI=1S/C13H10FNO2/c14-11-4-1-9(2-5-11)10-3-6-12(15-8-10)7-13(16)17/h1-6,8H,7H2,(H,16,17). The number of carbonyl (C=O) groups is 1. The Bertz CT molecular complexity index is 520. The first kappa shape index (κ1) is 11.3. The van der Waals surface area contributed by atoms with Crippen LogP contribution in [0, 0.1) is 5.82 Å². The molecule has 86 valence electrons. The van der Waals surface area contributed by atoms with Gasteiger partial charge in [0, 0.05) is 11.8 Å². The monoisotopic (exact) mass is 231 g/mol. The van der Waals surface area contributed by atoms with Gasteiger partial charge in [0.05, 0.1) is 12.1 Å². The van der Waals surface area contributed by atoms with E-state index in [1.807, 2.05) is 0 Å². The van der Waals surface area contributed by atoms with Gasteiger partial charge in [-0.1, -0.05) is 18.2 Å². The second kappa shape index (κ2) is 4.74. The zero-order valence-electron chi connectivity index (χ0n) is 8.93. The smallest absolute Gasteiger partial charge is 0.309 e. The Kier molecular flexibility index (Phi) is 3.14. The molecule has 0 atom stereocenters. The van der Waals surface area contributed by atoms with Gasteiger partial charge in [0.25, 0.3) is 0 Å². The molecule has 0 unspecified atom stereocenters.